The predicted molar refractivity (Wildman–Crippen MR) is 93.3 cm³/mol. The van der Waals surface area contributed by atoms with Crippen molar-refractivity contribution in [3.05, 3.63) is 53.9 Å². The summed E-state index contributed by atoms with van der Waals surface area (Å²) in [4.78, 5) is 26.5. The van der Waals surface area contributed by atoms with Crippen LogP contribution in [0.25, 0.3) is 0 Å². The van der Waals surface area contributed by atoms with Crippen molar-refractivity contribution in [2.75, 3.05) is 19.7 Å². The van der Waals surface area contributed by atoms with Gasteiger partial charge in [0, 0.05) is 37.3 Å². The molecule has 1 atom stereocenters. The molecule has 1 aromatic carbocycles. The van der Waals surface area contributed by atoms with Crippen molar-refractivity contribution in [2.45, 2.75) is 26.3 Å². The first kappa shape index (κ1) is 17.2. The summed E-state index contributed by atoms with van der Waals surface area (Å²) in [6.45, 7) is 4.38. The minimum Gasteiger partial charge on any atom is -0.462 e. The van der Waals surface area contributed by atoms with Gasteiger partial charge in [0.1, 0.15) is 0 Å². The van der Waals surface area contributed by atoms with Crippen LogP contribution in [0.5, 0.6) is 0 Å². The average Bonchev–Trinajstić information content (AvgIpc) is 3.16. The summed E-state index contributed by atoms with van der Waals surface area (Å²) in [5.74, 6) is -0.140. The van der Waals surface area contributed by atoms with Crippen LogP contribution in [-0.2, 0) is 11.3 Å². The molecule has 1 aliphatic rings. The Balaban J connectivity index is 1.53. The highest BCUT2D eigenvalue weighted by atomic mass is 16.5. The van der Waals surface area contributed by atoms with E-state index in [4.69, 9.17) is 4.74 Å². The van der Waals surface area contributed by atoms with Gasteiger partial charge < -0.3 is 9.64 Å². The normalized spacial score (nSPS) is 17.3. The number of hydrogen-bond donors (Lipinski definition) is 0. The predicted octanol–water partition coefficient (Wildman–Crippen LogP) is 2.61. The zero-order valence-corrected chi connectivity index (χ0v) is 14.4. The number of aromatic nitrogens is 2. The second-order valence-electron chi connectivity index (χ2n) is 6.31. The lowest BCUT2D eigenvalue weighted by Crippen LogP contribution is -2.41. The molecule has 132 valence electrons. The Morgan fingerprint density at radius 1 is 1.24 bits per heavy atom. The molecule has 1 amide bonds. The van der Waals surface area contributed by atoms with E-state index < -0.39 is 0 Å². The monoisotopic (exact) mass is 341 g/mol. The minimum absolute atomic E-state index is 0.0425. The number of esters is 1. The third kappa shape index (κ3) is 4.26. The summed E-state index contributed by atoms with van der Waals surface area (Å²) >= 11 is 0. The number of aryl methyl sites for hydroxylation is 1. The van der Waals surface area contributed by atoms with Gasteiger partial charge in [-0.25, -0.2) is 4.79 Å². The van der Waals surface area contributed by atoms with Gasteiger partial charge >= 0.3 is 5.97 Å². The average molecular weight is 341 g/mol. The number of carbonyl (C=O) groups excluding carboxylic acids is 2. The molecule has 2 aromatic rings. The number of hydrogen-bond acceptors (Lipinski definition) is 4. The van der Waals surface area contributed by atoms with Crippen molar-refractivity contribution in [3.63, 3.8) is 0 Å². The van der Waals surface area contributed by atoms with Crippen LogP contribution in [-0.4, -0.2) is 46.3 Å². The number of ether oxygens (including phenoxy) is 1. The van der Waals surface area contributed by atoms with Crippen molar-refractivity contribution in [1.29, 1.82) is 0 Å². The smallest absolute Gasteiger partial charge is 0.341 e. The summed E-state index contributed by atoms with van der Waals surface area (Å²) in [7, 11) is 0. The maximum absolute atomic E-state index is 12.5. The first-order valence-electron chi connectivity index (χ1n) is 8.71. The number of amides is 1. The summed E-state index contributed by atoms with van der Waals surface area (Å²) < 4.78 is 7.12. The molecule has 25 heavy (non-hydrogen) atoms. The van der Waals surface area contributed by atoms with Gasteiger partial charge in [0.15, 0.2) is 0 Å². The highest BCUT2D eigenvalue weighted by molar-refractivity contribution is 5.94. The summed E-state index contributed by atoms with van der Waals surface area (Å²) in [6, 6.07) is 9.30. The first-order chi connectivity index (χ1) is 12.2. The van der Waals surface area contributed by atoms with Crippen LogP contribution >= 0.6 is 0 Å². The maximum Gasteiger partial charge on any atom is 0.341 e. The molecule has 0 aliphatic carbocycles. The minimum atomic E-state index is -0.355. The quantitative estimate of drug-likeness (QED) is 0.784. The largest absolute Gasteiger partial charge is 0.462 e. The van der Waals surface area contributed by atoms with Crippen molar-refractivity contribution >= 4 is 11.9 Å². The van der Waals surface area contributed by atoms with E-state index in [1.54, 1.807) is 10.9 Å². The lowest BCUT2D eigenvalue weighted by Gasteiger charge is -2.32. The Morgan fingerprint density at radius 3 is 2.76 bits per heavy atom. The summed E-state index contributed by atoms with van der Waals surface area (Å²) in [5, 5.41) is 4.08. The molecule has 6 nitrogen and oxygen atoms in total. The molecule has 1 aliphatic heterocycles. The van der Waals surface area contributed by atoms with Gasteiger partial charge in [-0.2, -0.15) is 5.10 Å². The Labute approximate surface area is 147 Å². The van der Waals surface area contributed by atoms with Crippen LogP contribution in [0.2, 0.25) is 0 Å². The van der Waals surface area contributed by atoms with E-state index in [1.165, 1.54) is 6.20 Å². The van der Waals surface area contributed by atoms with Crippen LogP contribution in [0, 0.1) is 5.92 Å². The fourth-order valence-electron chi connectivity index (χ4n) is 3.07. The van der Waals surface area contributed by atoms with Crippen LogP contribution in [0.1, 0.15) is 40.5 Å². The van der Waals surface area contributed by atoms with Crippen molar-refractivity contribution in [3.8, 4) is 0 Å². The van der Waals surface area contributed by atoms with Crippen molar-refractivity contribution < 1.29 is 14.3 Å². The molecule has 0 N–H and O–H groups in total. The van der Waals surface area contributed by atoms with E-state index in [2.05, 4.69) is 5.10 Å². The van der Waals surface area contributed by atoms with Gasteiger partial charge in [-0.05, 0) is 31.9 Å². The summed E-state index contributed by atoms with van der Waals surface area (Å²) in [5.41, 5.74) is 1.17. The molecule has 0 saturated carbocycles. The molecule has 1 fully saturated rings. The third-order valence-corrected chi connectivity index (χ3v) is 4.47. The van der Waals surface area contributed by atoms with E-state index in [0.717, 1.165) is 19.4 Å². The van der Waals surface area contributed by atoms with Crippen molar-refractivity contribution in [2.24, 2.45) is 5.92 Å². The zero-order valence-electron chi connectivity index (χ0n) is 14.4. The second-order valence-corrected chi connectivity index (χ2v) is 6.31. The topological polar surface area (TPSA) is 64.4 Å². The fraction of sp³-hybridized carbons (Fsp3) is 0.421. The Kier molecular flexibility index (Phi) is 5.48. The summed E-state index contributed by atoms with van der Waals surface area (Å²) in [6.07, 6.45) is 5.10. The Morgan fingerprint density at radius 2 is 2.04 bits per heavy atom. The molecule has 0 radical (unpaired) electrons. The molecule has 0 unspecified atom stereocenters. The molecule has 1 aromatic heterocycles. The lowest BCUT2D eigenvalue weighted by atomic mass is 9.98. The molecule has 2 heterocycles. The van der Waals surface area contributed by atoms with Gasteiger partial charge in [0.25, 0.3) is 5.91 Å². The molecule has 1 saturated heterocycles. The number of carbonyl (C=O) groups is 2. The van der Waals surface area contributed by atoms with E-state index >= 15 is 0 Å². The molecule has 6 heteroatoms. The number of nitrogens with zero attached hydrogens (tertiary/aromatic N) is 3. The van der Waals surface area contributed by atoms with Crippen LogP contribution in [0.15, 0.2) is 42.7 Å². The van der Waals surface area contributed by atoms with Gasteiger partial charge in [-0.3, -0.25) is 9.48 Å². The molecular formula is C19H23N3O3. The van der Waals surface area contributed by atoms with E-state index in [9.17, 15) is 9.59 Å². The highest BCUT2D eigenvalue weighted by Crippen LogP contribution is 2.19. The van der Waals surface area contributed by atoms with Crippen LogP contribution < -0.4 is 0 Å². The van der Waals surface area contributed by atoms with E-state index in [-0.39, 0.29) is 17.8 Å². The molecule has 0 bridgehead atoms. The van der Waals surface area contributed by atoms with Crippen LogP contribution in [0.3, 0.4) is 0 Å². The molecular weight excluding hydrogens is 318 g/mol. The van der Waals surface area contributed by atoms with Gasteiger partial charge in [0.2, 0.25) is 0 Å². The van der Waals surface area contributed by atoms with Gasteiger partial charge in [0.05, 0.1) is 18.4 Å². The Hall–Kier alpha value is -2.63. The third-order valence-electron chi connectivity index (χ3n) is 4.47. The lowest BCUT2D eigenvalue weighted by molar-refractivity contribution is 0.0342. The zero-order chi connectivity index (χ0) is 17.6. The first-order valence-corrected chi connectivity index (χ1v) is 8.71. The van der Waals surface area contributed by atoms with Crippen molar-refractivity contribution in [1.82, 2.24) is 14.7 Å². The highest BCUT2D eigenvalue weighted by Gasteiger charge is 2.25. The standard InChI is InChI=1S/C19H23N3O3/c1-2-22-13-17(11-20-22)19(24)25-14-15-7-6-10-21(12-15)18(23)16-8-4-3-5-9-16/h3-5,8-9,11,13,15H,2,6-7,10,12,14H2,1H3/t15-/m0/s1. The number of rotatable bonds is 5. The number of likely N-dealkylation sites (tertiary alicyclic amines) is 1. The fourth-order valence-corrected chi connectivity index (χ4v) is 3.07. The maximum atomic E-state index is 12.5. The second kappa shape index (κ2) is 7.96. The van der Waals surface area contributed by atoms with Gasteiger partial charge in [-0.15, -0.1) is 0 Å². The molecule has 0 spiro atoms. The van der Waals surface area contributed by atoms with E-state index in [0.29, 0.717) is 30.8 Å². The molecule has 3 rings (SSSR count). The number of piperidine rings is 1. The van der Waals surface area contributed by atoms with E-state index in [1.807, 2.05) is 42.2 Å². The Bertz CT molecular complexity index is 727. The SMILES string of the molecule is CCn1cc(C(=O)OC[C@H]2CCCN(C(=O)c3ccccc3)C2)cn1. The van der Waals surface area contributed by atoms with Gasteiger partial charge in [-0.1, -0.05) is 18.2 Å². The number of benzene rings is 1. The van der Waals surface area contributed by atoms with Crippen LogP contribution in [0.4, 0.5) is 0 Å².